The largest absolute Gasteiger partial charge is 0.357 e. The number of aliphatic imine (C=N–C) groups is 1. The van der Waals surface area contributed by atoms with Crippen LogP contribution in [0.5, 0.6) is 0 Å². The summed E-state index contributed by atoms with van der Waals surface area (Å²) in [6.07, 6.45) is 5.06. The Morgan fingerprint density at radius 1 is 1.44 bits per heavy atom. The fraction of sp³-hybridized carbons (Fsp3) is 0.750. The fourth-order valence-corrected chi connectivity index (χ4v) is 2.13. The lowest BCUT2D eigenvalue weighted by atomic mass is 10.2. The summed E-state index contributed by atoms with van der Waals surface area (Å²) in [4.78, 5) is 8.59. The first-order chi connectivity index (χ1) is 8.78. The summed E-state index contributed by atoms with van der Waals surface area (Å²) in [5, 5.41) is 10.4. The lowest BCUT2D eigenvalue weighted by Crippen LogP contribution is -2.42. The molecule has 2 rings (SSSR count). The van der Waals surface area contributed by atoms with Crippen LogP contribution in [0.4, 0.5) is 0 Å². The van der Waals surface area contributed by atoms with Crippen LogP contribution in [-0.2, 0) is 6.54 Å². The lowest BCUT2D eigenvalue weighted by molar-refractivity contribution is 0.376. The predicted octanol–water partition coefficient (Wildman–Crippen LogP) is 1.38. The van der Waals surface area contributed by atoms with Crippen LogP contribution in [0, 0.1) is 6.92 Å². The summed E-state index contributed by atoms with van der Waals surface area (Å²) in [6, 6.07) is 0.548. The van der Waals surface area contributed by atoms with Gasteiger partial charge < -0.3 is 15.2 Å². The van der Waals surface area contributed by atoms with Crippen molar-refractivity contribution < 1.29 is 4.52 Å². The van der Waals surface area contributed by atoms with E-state index in [0.29, 0.717) is 24.3 Å². The molecule has 1 heterocycles. The third kappa shape index (κ3) is 3.72. The molecule has 0 amide bonds. The molecule has 0 spiro atoms. The monoisotopic (exact) mass is 251 g/mol. The van der Waals surface area contributed by atoms with Crippen LogP contribution in [0.2, 0.25) is 0 Å². The zero-order valence-electron chi connectivity index (χ0n) is 11.1. The third-order valence-electron chi connectivity index (χ3n) is 2.98. The summed E-state index contributed by atoms with van der Waals surface area (Å²) in [5.74, 6) is 2.03. The summed E-state index contributed by atoms with van der Waals surface area (Å²) in [5.41, 5.74) is 0. The maximum Gasteiger partial charge on any atom is 0.248 e. The molecule has 6 heteroatoms. The second-order valence-corrected chi connectivity index (χ2v) is 4.56. The Morgan fingerprint density at radius 3 is 2.83 bits per heavy atom. The number of nitrogens with one attached hydrogen (secondary N) is 2. The molecule has 18 heavy (non-hydrogen) atoms. The van der Waals surface area contributed by atoms with Crippen molar-refractivity contribution >= 4 is 5.96 Å². The summed E-state index contributed by atoms with van der Waals surface area (Å²) in [7, 11) is 0. The van der Waals surface area contributed by atoms with E-state index >= 15 is 0 Å². The van der Waals surface area contributed by atoms with Gasteiger partial charge >= 0.3 is 0 Å². The van der Waals surface area contributed by atoms with E-state index in [9.17, 15) is 0 Å². The number of aromatic nitrogens is 2. The zero-order valence-corrected chi connectivity index (χ0v) is 11.1. The zero-order chi connectivity index (χ0) is 12.8. The minimum atomic E-state index is 0.420. The van der Waals surface area contributed by atoms with Crippen molar-refractivity contribution in [1.29, 1.82) is 0 Å². The molecule has 0 atom stereocenters. The molecule has 0 radical (unpaired) electrons. The molecule has 0 bridgehead atoms. The predicted molar refractivity (Wildman–Crippen MR) is 69.2 cm³/mol. The van der Waals surface area contributed by atoms with Crippen molar-refractivity contribution in [1.82, 2.24) is 20.8 Å². The Labute approximate surface area is 107 Å². The van der Waals surface area contributed by atoms with E-state index in [1.54, 1.807) is 6.92 Å². The van der Waals surface area contributed by atoms with Crippen LogP contribution in [0.25, 0.3) is 0 Å². The number of nitrogens with zero attached hydrogens (tertiary/aromatic N) is 3. The first-order valence-corrected chi connectivity index (χ1v) is 6.62. The first-order valence-electron chi connectivity index (χ1n) is 6.62. The Bertz CT molecular complexity index is 395. The van der Waals surface area contributed by atoms with E-state index in [1.165, 1.54) is 25.7 Å². The van der Waals surface area contributed by atoms with Gasteiger partial charge in [0.15, 0.2) is 11.8 Å². The molecule has 0 unspecified atom stereocenters. The normalized spacial score (nSPS) is 17.1. The molecule has 1 aliphatic rings. The van der Waals surface area contributed by atoms with E-state index in [2.05, 4.69) is 32.7 Å². The molecular weight excluding hydrogens is 230 g/mol. The molecule has 1 saturated carbocycles. The van der Waals surface area contributed by atoms with Crippen molar-refractivity contribution in [3.63, 3.8) is 0 Å². The molecule has 1 aromatic rings. The van der Waals surface area contributed by atoms with E-state index in [1.807, 2.05) is 0 Å². The highest BCUT2D eigenvalue weighted by Crippen LogP contribution is 2.17. The third-order valence-corrected chi connectivity index (χ3v) is 2.98. The maximum atomic E-state index is 5.04. The Hall–Kier alpha value is -1.59. The molecule has 2 N–H and O–H groups in total. The summed E-state index contributed by atoms with van der Waals surface area (Å²) < 4.78 is 5.04. The second-order valence-electron chi connectivity index (χ2n) is 4.56. The van der Waals surface area contributed by atoms with Gasteiger partial charge in [-0.05, 0) is 26.7 Å². The highest BCUT2D eigenvalue weighted by molar-refractivity contribution is 5.80. The number of aryl methyl sites for hydroxylation is 1. The second kappa shape index (κ2) is 6.37. The van der Waals surface area contributed by atoms with Crippen LogP contribution < -0.4 is 10.6 Å². The summed E-state index contributed by atoms with van der Waals surface area (Å²) >= 11 is 0. The smallest absolute Gasteiger partial charge is 0.248 e. The SMILES string of the molecule is CCNC(=NCc1nc(C)no1)NC1CCCC1. The number of rotatable bonds is 4. The standard InChI is InChI=1S/C12H21N5O/c1-3-13-12(16-10-6-4-5-7-10)14-8-11-15-9(2)17-18-11/h10H,3-8H2,1-2H3,(H2,13,14,16). The Kier molecular flexibility index (Phi) is 4.55. The van der Waals surface area contributed by atoms with Gasteiger partial charge in [-0.3, -0.25) is 0 Å². The highest BCUT2D eigenvalue weighted by Gasteiger charge is 2.15. The fourth-order valence-electron chi connectivity index (χ4n) is 2.13. The number of hydrogen-bond acceptors (Lipinski definition) is 4. The van der Waals surface area contributed by atoms with Crippen LogP contribution >= 0.6 is 0 Å². The molecule has 1 aliphatic carbocycles. The van der Waals surface area contributed by atoms with Gasteiger partial charge in [0.2, 0.25) is 5.89 Å². The minimum absolute atomic E-state index is 0.420. The number of hydrogen-bond donors (Lipinski definition) is 2. The van der Waals surface area contributed by atoms with Crippen LogP contribution in [0.3, 0.4) is 0 Å². The van der Waals surface area contributed by atoms with Gasteiger partial charge in [-0.15, -0.1) is 0 Å². The van der Waals surface area contributed by atoms with Crippen LogP contribution in [-0.4, -0.2) is 28.7 Å². The topological polar surface area (TPSA) is 75.3 Å². The molecule has 0 aromatic carbocycles. The van der Waals surface area contributed by atoms with E-state index in [0.717, 1.165) is 12.5 Å². The van der Waals surface area contributed by atoms with Crippen LogP contribution in [0.15, 0.2) is 9.52 Å². The van der Waals surface area contributed by atoms with Gasteiger partial charge in [0, 0.05) is 12.6 Å². The lowest BCUT2D eigenvalue weighted by Gasteiger charge is -2.16. The van der Waals surface area contributed by atoms with E-state index in [-0.39, 0.29) is 0 Å². The van der Waals surface area contributed by atoms with Gasteiger partial charge in [-0.1, -0.05) is 18.0 Å². The number of guanidine groups is 1. The molecule has 6 nitrogen and oxygen atoms in total. The van der Waals surface area contributed by atoms with Gasteiger partial charge in [-0.2, -0.15) is 4.98 Å². The minimum Gasteiger partial charge on any atom is -0.357 e. The van der Waals surface area contributed by atoms with Crippen molar-refractivity contribution in [3.8, 4) is 0 Å². The average molecular weight is 251 g/mol. The summed E-state index contributed by atoms with van der Waals surface area (Å²) in [6.45, 7) is 5.13. The van der Waals surface area contributed by atoms with Crippen LogP contribution in [0.1, 0.15) is 44.3 Å². The highest BCUT2D eigenvalue weighted by atomic mass is 16.5. The molecule has 0 saturated heterocycles. The van der Waals surface area contributed by atoms with E-state index in [4.69, 9.17) is 4.52 Å². The maximum absolute atomic E-state index is 5.04. The van der Waals surface area contributed by atoms with Gasteiger partial charge in [0.1, 0.15) is 6.54 Å². The first kappa shape index (κ1) is 12.9. The quantitative estimate of drug-likeness (QED) is 0.624. The van der Waals surface area contributed by atoms with Crippen molar-refractivity contribution in [2.45, 2.75) is 52.1 Å². The Morgan fingerprint density at radius 2 is 2.22 bits per heavy atom. The molecule has 1 aromatic heterocycles. The molecule has 1 fully saturated rings. The van der Waals surface area contributed by atoms with Gasteiger partial charge in [0.05, 0.1) is 0 Å². The molecule has 100 valence electrons. The van der Waals surface area contributed by atoms with E-state index < -0.39 is 0 Å². The van der Waals surface area contributed by atoms with Gasteiger partial charge in [-0.25, -0.2) is 4.99 Å². The molecule has 0 aliphatic heterocycles. The van der Waals surface area contributed by atoms with Crippen molar-refractivity contribution in [2.24, 2.45) is 4.99 Å². The van der Waals surface area contributed by atoms with Crippen molar-refractivity contribution in [2.75, 3.05) is 6.54 Å². The van der Waals surface area contributed by atoms with Crippen molar-refractivity contribution in [3.05, 3.63) is 11.7 Å². The molecular formula is C12H21N5O. The Balaban J connectivity index is 1.90. The van der Waals surface area contributed by atoms with Gasteiger partial charge in [0.25, 0.3) is 0 Å². The average Bonchev–Trinajstić information content (AvgIpc) is 2.98.